The van der Waals surface area contributed by atoms with Gasteiger partial charge in [0.25, 0.3) is 17.1 Å². The van der Waals surface area contributed by atoms with E-state index in [2.05, 4.69) is 21.2 Å². The number of nitrogens with zero attached hydrogens (tertiary/aromatic N) is 2. The molecule has 2 aromatic rings. The number of halogens is 2. The van der Waals surface area contributed by atoms with Gasteiger partial charge in [-0.2, -0.15) is 0 Å². The molecule has 0 radical (unpaired) electrons. The molecule has 2 fully saturated rings. The summed E-state index contributed by atoms with van der Waals surface area (Å²) in [4.78, 5) is 53.0. The Morgan fingerprint density at radius 2 is 1.92 bits per heavy atom. The largest absolute Gasteiger partial charge is 0.493 e. The van der Waals surface area contributed by atoms with E-state index in [0.717, 1.165) is 35.1 Å². The van der Waals surface area contributed by atoms with E-state index in [1.807, 2.05) is 6.92 Å². The van der Waals surface area contributed by atoms with E-state index in [0.29, 0.717) is 45.3 Å². The second-order valence-corrected chi connectivity index (χ2v) is 10.9. The zero-order valence-corrected chi connectivity index (χ0v) is 23.9. The van der Waals surface area contributed by atoms with Gasteiger partial charge in [0, 0.05) is 23.8 Å². The number of thioether (sulfide) groups is 1. The molecule has 4 amide bonds. The molecule has 200 valence electrons. The molecule has 1 N–H and O–H groups in total. The van der Waals surface area contributed by atoms with Crippen LogP contribution in [-0.4, -0.2) is 66.1 Å². The van der Waals surface area contributed by atoms with E-state index in [-0.39, 0.29) is 29.9 Å². The number of ether oxygens (including phenoxy) is 2. The molecule has 0 saturated carbocycles. The smallest absolute Gasteiger partial charge is 0.294 e. The Morgan fingerprint density at radius 1 is 1.18 bits per heavy atom. The number of methoxy groups -OCH3 is 1. The lowest BCUT2D eigenvalue weighted by atomic mass is 10.2. The summed E-state index contributed by atoms with van der Waals surface area (Å²) >= 11 is 10.3. The van der Waals surface area contributed by atoms with Gasteiger partial charge in [-0.3, -0.25) is 24.1 Å². The number of aryl methyl sites for hydroxylation is 1. The van der Waals surface area contributed by atoms with Gasteiger partial charge in [0.1, 0.15) is 6.54 Å². The van der Waals surface area contributed by atoms with Crippen molar-refractivity contribution in [1.29, 1.82) is 0 Å². The van der Waals surface area contributed by atoms with Crippen molar-refractivity contribution < 1.29 is 28.7 Å². The molecule has 38 heavy (non-hydrogen) atoms. The van der Waals surface area contributed by atoms with Crippen molar-refractivity contribution in [3.63, 3.8) is 0 Å². The predicted octanol–water partition coefficient (Wildman–Crippen LogP) is 5.10. The van der Waals surface area contributed by atoms with E-state index >= 15 is 0 Å². The average Bonchev–Trinajstić information content (AvgIpc) is 3.50. The molecule has 0 aliphatic carbocycles. The van der Waals surface area contributed by atoms with Crippen molar-refractivity contribution in [2.75, 3.05) is 38.7 Å². The highest BCUT2D eigenvalue weighted by Gasteiger charge is 2.37. The van der Waals surface area contributed by atoms with E-state index < -0.39 is 11.1 Å². The first-order valence-electron chi connectivity index (χ1n) is 11.8. The number of hydrogen-bond donors (Lipinski definition) is 1. The topological polar surface area (TPSA) is 105 Å². The van der Waals surface area contributed by atoms with Crippen molar-refractivity contribution in [2.45, 2.75) is 19.8 Å². The van der Waals surface area contributed by atoms with Crippen LogP contribution in [0.4, 0.5) is 10.5 Å². The second kappa shape index (κ2) is 12.2. The number of carbonyl (C=O) groups excluding carboxylic acids is 4. The Hall–Kier alpha value is -3.02. The number of nitrogens with one attached hydrogen (secondary N) is 1. The number of benzene rings is 2. The lowest BCUT2D eigenvalue weighted by Gasteiger charge is -2.18. The lowest BCUT2D eigenvalue weighted by molar-refractivity contribution is -0.135. The fourth-order valence-corrected chi connectivity index (χ4v) is 5.55. The summed E-state index contributed by atoms with van der Waals surface area (Å²) in [6, 6.07) is 8.51. The first-order chi connectivity index (χ1) is 18.2. The number of likely N-dealkylation sites (tertiary alicyclic amines) is 1. The Bertz CT molecular complexity index is 1330. The zero-order valence-electron chi connectivity index (χ0n) is 20.7. The summed E-state index contributed by atoms with van der Waals surface area (Å²) < 4.78 is 11.6. The highest BCUT2D eigenvalue weighted by atomic mass is 79.9. The molecular formula is C26H25BrClN3O6S. The van der Waals surface area contributed by atoms with Gasteiger partial charge in [-0.1, -0.05) is 17.7 Å². The summed E-state index contributed by atoms with van der Waals surface area (Å²) in [6.07, 6.45) is 3.41. The maximum Gasteiger partial charge on any atom is 0.294 e. The van der Waals surface area contributed by atoms with Crippen molar-refractivity contribution >= 4 is 74.0 Å². The van der Waals surface area contributed by atoms with Crippen LogP contribution in [-0.2, 0) is 14.4 Å². The normalized spacial score (nSPS) is 16.4. The van der Waals surface area contributed by atoms with Crippen molar-refractivity contribution in [2.24, 2.45) is 0 Å². The third kappa shape index (κ3) is 6.51. The van der Waals surface area contributed by atoms with Crippen LogP contribution in [0.3, 0.4) is 0 Å². The van der Waals surface area contributed by atoms with Crippen LogP contribution in [0.25, 0.3) is 6.08 Å². The summed E-state index contributed by atoms with van der Waals surface area (Å²) in [5, 5.41) is 2.78. The van der Waals surface area contributed by atoms with Crippen LogP contribution in [0.5, 0.6) is 11.5 Å². The molecule has 0 aromatic heterocycles. The van der Waals surface area contributed by atoms with Crippen LogP contribution in [0.2, 0.25) is 5.02 Å². The molecule has 0 atom stereocenters. The number of amides is 4. The van der Waals surface area contributed by atoms with Crippen LogP contribution < -0.4 is 14.8 Å². The van der Waals surface area contributed by atoms with E-state index in [1.165, 1.54) is 7.11 Å². The molecule has 12 heteroatoms. The van der Waals surface area contributed by atoms with Gasteiger partial charge in [0.15, 0.2) is 18.1 Å². The Morgan fingerprint density at radius 3 is 2.61 bits per heavy atom. The quantitative estimate of drug-likeness (QED) is 0.409. The van der Waals surface area contributed by atoms with Crippen LogP contribution in [0, 0.1) is 6.92 Å². The Labute approximate surface area is 237 Å². The molecule has 0 spiro atoms. The minimum atomic E-state index is -0.518. The van der Waals surface area contributed by atoms with Gasteiger partial charge < -0.3 is 19.7 Å². The molecule has 9 nitrogen and oxygen atoms in total. The van der Waals surface area contributed by atoms with Gasteiger partial charge in [-0.05, 0) is 88.9 Å². The number of carbonyl (C=O) groups is 4. The van der Waals surface area contributed by atoms with Crippen molar-refractivity contribution in [3.05, 3.63) is 55.9 Å². The molecule has 2 aliphatic heterocycles. The molecule has 2 saturated heterocycles. The van der Waals surface area contributed by atoms with Gasteiger partial charge in [-0.25, -0.2) is 0 Å². The maximum absolute atomic E-state index is 12.9. The zero-order chi connectivity index (χ0) is 27.4. The number of hydrogen-bond acceptors (Lipinski definition) is 7. The third-order valence-corrected chi connectivity index (χ3v) is 7.88. The van der Waals surface area contributed by atoms with Gasteiger partial charge >= 0.3 is 0 Å². The molecule has 2 aromatic carbocycles. The van der Waals surface area contributed by atoms with Gasteiger partial charge in [-0.15, -0.1) is 0 Å². The van der Waals surface area contributed by atoms with E-state index in [4.69, 9.17) is 21.1 Å². The standard InChI is InChI=1S/C26H25BrClN3O6S/c1-15-5-6-17(12-19(15)28)29-22(32)14-37-24-18(27)9-16(10-20(24)36-2)11-21-25(34)31(26(35)38-21)13-23(33)30-7-3-4-8-30/h5-6,9-12H,3-4,7-8,13-14H2,1-2H3,(H,29,32)/b21-11-. The second-order valence-electron chi connectivity index (χ2n) is 8.69. The summed E-state index contributed by atoms with van der Waals surface area (Å²) in [5.41, 5.74) is 2.01. The molecule has 2 aliphatic rings. The minimum Gasteiger partial charge on any atom is -0.493 e. The van der Waals surface area contributed by atoms with Gasteiger partial charge in [0.05, 0.1) is 16.5 Å². The first kappa shape index (κ1) is 28.0. The molecule has 0 bridgehead atoms. The summed E-state index contributed by atoms with van der Waals surface area (Å²) in [5.74, 6) is -0.520. The van der Waals surface area contributed by atoms with E-state index in [9.17, 15) is 19.2 Å². The highest BCUT2D eigenvalue weighted by Crippen LogP contribution is 2.39. The number of imide groups is 1. The SMILES string of the molecule is COc1cc(/C=C2\SC(=O)N(CC(=O)N3CCCC3)C2=O)cc(Br)c1OCC(=O)Nc1ccc(C)c(Cl)c1. The van der Waals surface area contributed by atoms with Crippen LogP contribution >= 0.6 is 39.3 Å². The molecule has 4 rings (SSSR count). The fourth-order valence-electron chi connectivity index (χ4n) is 3.96. The Kier molecular flexibility index (Phi) is 9.01. The Balaban J connectivity index is 1.43. The monoisotopic (exact) mass is 621 g/mol. The number of anilines is 1. The third-order valence-electron chi connectivity index (χ3n) is 5.98. The summed E-state index contributed by atoms with van der Waals surface area (Å²) in [6.45, 7) is 2.61. The lowest BCUT2D eigenvalue weighted by Crippen LogP contribution is -2.40. The van der Waals surface area contributed by atoms with Gasteiger partial charge in [0.2, 0.25) is 5.91 Å². The summed E-state index contributed by atoms with van der Waals surface area (Å²) in [7, 11) is 1.45. The minimum absolute atomic E-state index is 0.197. The predicted molar refractivity (Wildman–Crippen MR) is 149 cm³/mol. The number of rotatable bonds is 8. The van der Waals surface area contributed by atoms with Crippen molar-refractivity contribution in [3.8, 4) is 11.5 Å². The highest BCUT2D eigenvalue weighted by molar-refractivity contribution is 9.10. The molecular weight excluding hydrogens is 598 g/mol. The van der Waals surface area contributed by atoms with Crippen molar-refractivity contribution in [1.82, 2.24) is 9.80 Å². The van der Waals surface area contributed by atoms with Crippen LogP contribution in [0.1, 0.15) is 24.0 Å². The molecule has 0 unspecified atom stereocenters. The first-order valence-corrected chi connectivity index (χ1v) is 13.7. The van der Waals surface area contributed by atoms with E-state index in [1.54, 1.807) is 41.3 Å². The maximum atomic E-state index is 12.9. The molecule has 2 heterocycles. The fraction of sp³-hybridized carbons (Fsp3) is 0.308. The van der Waals surface area contributed by atoms with Crippen LogP contribution in [0.15, 0.2) is 39.7 Å². The average molecular weight is 623 g/mol.